The van der Waals surface area contributed by atoms with Gasteiger partial charge in [-0.3, -0.25) is 4.79 Å². The molecule has 0 aromatic rings. The lowest BCUT2D eigenvalue weighted by Crippen LogP contribution is -2.67. The zero-order chi connectivity index (χ0) is 49.8. The van der Waals surface area contributed by atoms with Crippen molar-refractivity contribution in [3.8, 4) is 0 Å². The SMILES string of the molecule is CC1(C)C2CC[C@]3(C)[C@H](CC=C4[C@@H]5C[C@](C)(CO)CC[C@]5(C(=O)O[C@@H]5O[C@H](CO)[C@@H](O)[C@H](O)[C@H]5O)CC[C@]43C)[C@@]2(C)CC[C@@H]1O[C@@H]1O[C@H](C(=O)O)[C@@H](O)[C@H](O[C@@H]2O[C@H](CO)[C@@H](O)[C@H](O)[C@H]2O)[C@H]1O. The monoisotopic (exact) mass is 972 g/mol. The predicted molar refractivity (Wildman–Crippen MR) is 232 cm³/mol. The summed E-state index contributed by atoms with van der Waals surface area (Å²) < 4.78 is 35.1. The van der Waals surface area contributed by atoms with Crippen molar-refractivity contribution in [1.82, 2.24) is 0 Å². The van der Waals surface area contributed by atoms with Crippen molar-refractivity contribution >= 4 is 11.9 Å². The van der Waals surface area contributed by atoms with Crippen LogP contribution in [0.25, 0.3) is 0 Å². The molecule has 0 bridgehead atoms. The van der Waals surface area contributed by atoms with Gasteiger partial charge in [-0.05, 0) is 109 Å². The summed E-state index contributed by atoms with van der Waals surface area (Å²) in [5, 5.41) is 126. The first-order valence-corrected chi connectivity index (χ1v) is 24.5. The molecule has 0 aromatic carbocycles. The fourth-order valence-electron chi connectivity index (χ4n) is 15.1. The van der Waals surface area contributed by atoms with Crippen molar-refractivity contribution in [3.63, 3.8) is 0 Å². The van der Waals surface area contributed by atoms with E-state index in [0.29, 0.717) is 51.4 Å². The van der Waals surface area contributed by atoms with Crippen LogP contribution < -0.4 is 0 Å². The van der Waals surface area contributed by atoms with Gasteiger partial charge in [0.25, 0.3) is 0 Å². The first-order valence-electron chi connectivity index (χ1n) is 24.5. The fourth-order valence-corrected chi connectivity index (χ4v) is 15.1. The molecule has 0 aromatic heterocycles. The highest BCUT2D eigenvalue weighted by Crippen LogP contribution is 2.76. The average Bonchev–Trinajstić information content (AvgIpc) is 3.29. The number of aliphatic hydroxyl groups excluding tert-OH is 11. The summed E-state index contributed by atoms with van der Waals surface area (Å²) >= 11 is 0. The van der Waals surface area contributed by atoms with Gasteiger partial charge in [0.05, 0.1) is 24.7 Å². The molecule has 12 N–H and O–H groups in total. The highest BCUT2D eigenvalue weighted by molar-refractivity contribution is 5.79. The standard InChI is InChI=1S/C48H76O20/c1-43(2)25-9-12-47(6)26(45(25,4)11-10-27(43)65-41-35(59)36(34(58)37(67-41)38(60)61)66-39-32(56)30(54)28(52)23(18-49)63-39)8-7-21-22-17-44(3,20-51)13-15-48(22,16-14-46(21,47)5)42(62)68-40-33(57)31(55)29(53)24(19-50)64-40/h7,22-37,39-41,49-59H,8-20H2,1-6H3,(H,60,61)/t22-,23+,24+,25?,26+,27-,28+,29+,30-,31-,32+,33+,34-,35+,36-,37-,39-,40-,41+,44+,45-,46+,47+,48-/m0/s1. The second-order valence-corrected chi connectivity index (χ2v) is 23.3. The maximum atomic E-state index is 14.7. The van der Waals surface area contributed by atoms with Crippen LogP contribution in [-0.4, -0.2) is 191 Å². The van der Waals surface area contributed by atoms with Gasteiger partial charge in [-0.1, -0.05) is 53.2 Å². The number of carbonyl (C=O) groups excluding carboxylic acids is 1. The molecule has 388 valence electrons. The smallest absolute Gasteiger partial charge is 0.335 e. The van der Waals surface area contributed by atoms with E-state index in [4.69, 9.17) is 28.4 Å². The first kappa shape index (κ1) is 52.4. The quantitative estimate of drug-likeness (QED) is 0.0725. The minimum atomic E-state index is -1.98. The molecule has 68 heavy (non-hydrogen) atoms. The van der Waals surface area contributed by atoms with Crippen molar-refractivity contribution in [2.75, 3.05) is 19.8 Å². The van der Waals surface area contributed by atoms with Gasteiger partial charge in [0.2, 0.25) is 6.29 Å². The lowest BCUT2D eigenvalue weighted by molar-refractivity contribution is -0.365. The van der Waals surface area contributed by atoms with E-state index in [-0.39, 0.29) is 40.6 Å². The molecule has 7 fully saturated rings. The average molecular weight is 973 g/mol. The van der Waals surface area contributed by atoms with Crippen LogP contribution in [0.2, 0.25) is 0 Å². The Morgan fingerprint density at radius 1 is 0.647 bits per heavy atom. The van der Waals surface area contributed by atoms with Crippen LogP contribution in [-0.2, 0) is 38.0 Å². The predicted octanol–water partition coefficient (Wildman–Crippen LogP) is -0.795. The van der Waals surface area contributed by atoms with E-state index in [9.17, 15) is 70.9 Å². The summed E-state index contributed by atoms with van der Waals surface area (Å²) in [7, 11) is 0. The highest BCUT2D eigenvalue weighted by Gasteiger charge is 2.70. The van der Waals surface area contributed by atoms with E-state index in [0.717, 1.165) is 18.4 Å². The summed E-state index contributed by atoms with van der Waals surface area (Å²) in [6, 6.07) is 0. The van der Waals surface area contributed by atoms with Gasteiger partial charge in [0, 0.05) is 6.61 Å². The van der Waals surface area contributed by atoms with Gasteiger partial charge in [-0.15, -0.1) is 0 Å². The van der Waals surface area contributed by atoms with E-state index in [2.05, 4.69) is 40.7 Å². The number of hydrogen-bond donors (Lipinski definition) is 12. The number of allylic oxidation sites excluding steroid dienone is 2. The number of rotatable bonds is 10. The van der Waals surface area contributed by atoms with E-state index >= 15 is 0 Å². The Morgan fingerprint density at radius 2 is 1.24 bits per heavy atom. The molecule has 20 heteroatoms. The lowest BCUT2D eigenvalue weighted by atomic mass is 9.33. The van der Waals surface area contributed by atoms with Crippen LogP contribution >= 0.6 is 0 Å². The lowest BCUT2D eigenvalue weighted by Gasteiger charge is -2.71. The summed E-state index contributed by atoms with van der Waals surface area (Å²) in [6.07, 6.45) is -17.8. The summed E-state index contributed by atoms with van der Waals surface area (Å²) in [6.45, 7) is 11.7. The van der Waals surface area contributed by atoms with Crippen molar-refractivity contribution in [2.45, 2.75) is 204 Å². The van der Waals surface area contributed by atoms with Crippen LogP contribution in [0.3, 0.4) is 0 Å². The molecule has 24 atom stereocenters. The number of ether oxygens (including phenoxy) is 6. The third-order valence-electron chi connectivity index (χ3n) is 19.5. The Hall–Kier alpha value is -1.96. The number of carboxylic acids is 1. The minimum Gasteiger partial charge on any atom is -0.479 e. The second kappa shape index (κ2) is 18.5. The molecular formula is C48H76O20. The Morgan fingerprint density at radius 3 is 1.84 bits per heavy atom. The number of hydrogen-bond acceptors (Lipinski definition) is 19. The molecule has 8 aliphatic rings. The number of carboxylic acid groups (broad SMARTS) is 1. The van der Waals surface area contributed by atoms with Gasteiger partial charge in [0.15, 0.2) is 18.7 Å². The Labute approximate surface area is 396 Å². The topological polar surface area (TPSA) is 332 Å². The molecule has 20 nitrogen and oxygen atoms in total. The van der Waals surface area contributed by atoms with E-state index in [1.165, 1.54) is 0 Å². The zero-order valence-electron chi connectivity index (χ0n) is 39.9. The van der Waals surface area contributed by atoms with Gasteiger partial charge < -0.3 is 89.7 Å². The van der Waals surface area contributed by atoms with Crippen LogP contribution in [0.5, 0.6) is 0 Å². The summed E-state index contributed by atoms with van der Waals surface area (Å²) in [5.41, 5.74) is -1.81. The molecule has 8 rings (SSSR count). The third-order valence-corrected chi connectivity index (χ3v) is 19.5. The maximum Gasteiger partial charge on any atom is 0.335 e. The molecule has 1 unspecified atom stereocenters. The molecule has 5 aliphatic carbocycles. The third kappa shape index (κ3) is 8.03. The molecule has 3 heterocycles. The Bertz CT molecular complexity index is 1900. The van der Waals surface area contributed by atoms with E-state index in [1.807, 2.05) is 6.92 Å². The zero-order valence-corrected chi connectivity index (χ0v) is 39.9. The molecule has 3 aliphatic heterocycles. The maximum absolute atomic E-state index is 14.7. The van der Waals surface area contributed by atoms with Crippen molar-refractivity contribution in [3.05, 3.63) is 11.6 Å². The van der Waals surface area contributed by atoms with Crippen LogP contribution in [0.4, 0.5) is 0 Å². The first-order chi connectivity index (χ1) is 31.8. The highest BCUT2D eigenvalue weighted by atomic mass is 16.7. The molecular weight excluding hydrogens is 897 g/mol. The van der Waals surface area contributed by atoms with Gasteiger partial charge >= 0.3 is 11.9 Å². The minimum absolute atomic E-state index is 0.0664. The van der Waals surface area contributed by atoms with Crippen molar-refractivity contribution < 1.29 is 99.3 Å². The van der Waals surface area contributed by atoms with E-state index < -0.39 is 140 Å². The van der Waals surface area contributed by atoms with Crippen LogP contribution in [0.1, 0.15) is 106 Å². The van der Waals surface area contributed by atoms with Gasteiger partial charge in [-0.25, -0.2) is 4.79 Å². The number of carbonyl (C=O) groups is 2. The van der Waals surface area contributed by atoms with Gasteiger partial charge in [-0.2, -0.15) is 0 Å². The summed E-state index contributed by atoms with van der Waals surface area (Å²) in [5.74, 6) is -2.24. The van der Waals surface area contributed by atoms with Crippen molar-refractivity contribution in [2.24, 2.45) is 50.2 Å². The molecule has 4 saturated carbocycles. The largest absolute Gasteiger partial charge is 0.479 e. The van der Waals surface area contributed by atoms with Gasteiger partial charge in [0.1, 0.15) is 67.1 Å². The number of esters is 1. The number of aliphatic carboxylic acids is 1. The molecule has 3 saturated heterocycles. The number of fused-ring (bicyclic) bond motifs is 7. The molecule has 0 spiro atoms. The normalized spacial score (nSPS) is 53.4. The number of aliphatic hydroxyl groups is 11. The summed E-state index contributed by atoms with van der Waals surface area (Å²) in [4.78, 5) is 27.1. The van der Waals surface area contributed by atoms with Crippen LogP contribution in [0, 0.1) is 50.2 Å². The fraction of sp³-hybridized carbons (Fsp3) is 0.917. The second-order valence-electron chi connectivity index (χ2n) is 23.3. The Kier molecular flexibility index (Phi) is 14.3. The molecule has 0 amide bonds. The van der Waals surface area contributed by atoms with E-state index in [1.54, 1.807) is 0 Å². The molecule has 0 radical (unpaired) electrons. The van der Waals surface area contributed by atoms with Crippen molar-refractivity contribution in [1.29, 1.82) is 0 Å². The van der Waals surface area contributed by atoms with Crippen LogP contribution in [0.15, 0.2) is 11.6 Å². The Balaban J connectivity index is 1.04.